The highest BCUT2D eigenvalue weighted by Crippen LogP contribution is 2.36. The summed E-state index contributed by atoms with van der Waals surface area (Å²) in [5.74, 6) is -0.981. The number of benzene rings is 1. The Hall–Kier alpha value is -2.25. The Labute approximate surface area is 155 Å². The van der Waals surface area contributed by atoms with Crippen molar-refractivity contribution in [3.63, 3.8) is 0 Å². The lowest BCUT2D eigenvalue weighted by Crippen LogP contribution is -2.39. The molecule has 2 atom stereocenters. The fraction of sp³-hybridized carbons (Fsp3) is 0.444. The van der Waals surface area contributed by atoms with Crippen molar-refractivity contribution in [3.05, 3.63) is 35.0 Å². The zero-order chi connectivity index (χ0) is 18.1. The van der Waals surface area contributed by atoms with Gasteiger partial charge in [-0.25, -0.2) is 4.68 Å². The van der Waals surface area contributed by atoms with Crippen molar-refractivity contribution >= 4 is 23.4 Å². The van der Waals surface area contributed by atoms with Gasteiger partial charge in [0.05, 0.1) is 17.1 Å². The molecule has 136 valence electrons. The van der Waals surface area contributed by atoms with Crippen molar-refractivity contribution in [2.75, 3.05) is 6.61 Å². The van der Waals surface area contributed by atoms with Crippen LogP contribution in [0, 0.1) is 0 Å². The lowest BCUT2D eigenvalue weighted by Gasteiger charge is -2.22. The standard InChI is InChI=1S/C18H19ClN4O3/c19-17-11(12-7-8-15(24)20-18(12)25)4-3-5-13(17)14-10-23(22-21-14)16-6-1-2-9-26-16/h3-5,10,12,16H,1-2,6-9H2,(H,20,24,25). The number of aromatic nitrogens is 3. The van der Waals surface area contributed by atoms with Crippen LogP contribution in [-0.4, -0.2) is 33.4 Å². The minimum Gasteiger partial charge on any atom is -0.356 e. The number of imide groups is 1. The van der Waals surface area contributed by atoms with Crippen LogP contribution in [0.3, 0.4) is 0 Å². The van der Waals surface area contributed by atoms with Gasteiger partial charge < -0.3 is 4.74 Å². The van der Waals surface area contributed by atoms with E-state index in [2.05, 4.69) is 15.6 Å². The lowest BCUT2D eigenvalue weighted by atomic mass is 9.89. The first kappa shape index (κ1) is 17.2. The second kappa shape index (κ2) is 7.17. The summed E-state index contributed by atoms with van der Waals surface area (Å²) in [4.78, 5) is 23.6. The molecule has 1 aromatic heterocycles. The molecule has 0 saturated carbocycles. The van der Waals surface area contributed by atoms with Crippen molar-refractivity contribution < 1.29 is 14.3 Å². The molecule has 2 fully saturated rings. The van der Waals surface area contributed by atoms with Gasteiger partial charge in [0.25, 0.3) is 0 Å². The van der Waals surface area contributed by atoms with E-state index in [1.165, 1.54) is 0 Å². The smallest absolute Gasteiger partial charge is 0.234 e. The van der Waals surface area contributed by atoms with Crippen LogP contribution in [0.2, 0.25) is 5.02 Å². The first-order valence-corrected chi connectivity index (χ1v) is 9.17. The molecule has 0 aliphatic carbocycles. The maximum absolute atomic E-state index is 12.2. The quantitative estimate of drug-likeness (QED) is 0.835. The Morgan fingerprint density at radius 3 is 2.88 bits per heavy atom. The molecule has 0 bridgehead atoms. The maximum Gasteiger partial charge on any atom is 0.234 e. The van der Waals surface area contributed by atoms with E-state index < -0.39 is 5.92 Å². The topological polar surface area (TPSA) is 86.1 Å². The number of nitrogens with one attached hydrogen (secondary N) is 1. The minimum atomic E-state index is -0.433. The van der Waals surface area contributed by atoms with Gasteiger partial charge in [0, 0.05) is 18.6 Å². The minimum absolute atomic E-state index is 0.0953. The fourth-order valence-electron chi connectivity index (χ4n) is 3.48. The molecule has 1 N–H and O–H groups in total. The summed E-state index contributed by atoms with van der Waals surface area (Å²) in [7, 11) is 0. The summed E-state index contributed by atoms with van der Waals surface area (Å²) < 4.78 is 7.45. The van der Waals surface area contributed by atoms with Crippen LogP contribution in [0.25, 0.3) is 11.3 Å². The molecule has 2 aromatic rings. The van der Waals surface area contributed by atoms with Crippen molar-refractivity contribution in [1.82, 2.24) is 20.3 Å². The van der Waals surface area contributed by atoms with Gasteiger partial charge in [-0.1, -0.05) is 35.0 Å². The van der Waals surface area contributed by atoms with Crippen LogP contribution in [0.1, 0.15) is 49.8 Å². The molecule has 0 spiro atoms. The van der Waals surface area contributed by atoms with Crippen LogP contribution in [-0.2, 0) is 14.3 Å². The highest BCUT2D eigenvalue weighted by molar-refractivity contribution is 6.34. The number of ether oxygens (including phenoxy) is 1. The largest absolute Gasteiger partial charge is 0.356 e. The second-order valence-electron chi connectivity index (χ2n) is 6.62. The van der Waals surface area contributed by atoms with Crippen molar-refractivity contribution in [1.29, 1.82) is 0 Å². The van der Waals surface area contributed by atoms with Gasteiger partial charge in [-0.05, 0) is 31.2 Å². The molecular weight excluding hydrogens is 356 g/mol. The van der Waals surface area contributed by atoms with E-state index in [0.29, 0.717) is 29.1 Å². The predicted octanol–water partition coefficient (Wildman–Crippen LogP) is 2.82. The summed E-state index contributed by atoms with van der Waals surface area (Å²) in [5.41, 5.74) is 2.06. The zero-order valence-corrected chi connectivity index (χ0v) is 14.9. The molecule has 2 aliphatic rings. The second-order valence-corrected chi connectivity index (χ2v) is 7.00. The molecule has 4 rings (SSSR count). The number of carbonyl (C=O) groups excluding carboxylic acids is 2. The van der Waals surface area contributed by atoms with Gasteiger partial charge in [0.1, 0.15) is 5.69 Å². The Kier molecular flexibility index (Phi) is 4.74. The van der Waals surface area contributed by atoms with Gasteiger partial charge in [0.2, 0.25) is 11.8 Å². The Morgan fingerprint density at radius 1 is 1.23 bits per heavy atom. The van der Waals surface area contributed by atoms with Gasteiger partial charge in [0.15, 0.2) is 6.23 Å². The number of piperidine rings is 1. The summed E-state index contributed by atoms with van der Waals surface area (Å²) in [6.07, 6.45) is 5.58. The maximum atomic E-state index is 12.2. The number of hydrogen-bond acceptors (Lipinski definition) is 5. The van der Waals surface area contributed by atoms with Gasteiger partial charge in [-0.15, -0.1) is 5.10 Å². The fourth-order valence-corrected chi connectivity index (χ4v) is 3.83. The van der Waals surface area contributed by atoms with Crippen molar-refractivity contribution in [2.45, 2.75) is 44.2 Å². The summed E-state index contributed by atoms with van der Waals surface area (Å²) >= 11 is 6.60. The lowest BCUT2D eigenvalue weighted by molar-refractivity contribution is -0.134. The van der Waals surface area contributed by atoms with Crippen LogP contribution in [0.5, 0.6) is 0 Å². The van der Waals surface area contributed by atoms with E-state index in [9.17, 15) is 9.59 Å². The summed E-state index contributed by atoms with van der Waals surface area (Å²) in [6, 6.07) is 5.52. The third-order valence-electron chi connectivity index (χ3n) is 4.88. The molecule has 2 aliphatic heterocycles. The van der Waals surface area contributed by atoms with E-state index in [-0.39, 0.29) is 18.0 Å². The van der Waals surface area contributed by atoms with Crippen LogP contribution in [0.15, 0.2) is 24.4 Å². The van der Waals surface area contributed by atoms with Crippen molar-refractivity contribution in [3.8, 4) is 11.3 Å². The monoisotopic (exact) mass is 374 g/mol. The number of carbonyl (C=O) groups is 2. The Morgan fingerprint density at radius 2 is 2.12 bits per heavy atom. The molecule has 8 heteroatoms. The highest BCUT2D eigenvalue weighted by atomic mass is 35.5. The zero-order valence-electron chi connectivity index (χ0n) is 14.2. The SMILES string of the molecule is O=C1CCC(c2cccc(-c3cn(C4CCCCO4)nn3)c2Cl)C(=O)N1. The van der Waals surface area contributed by atoms with Crippen LogP contribution >= 0.6 is 11.6 Å². The highest BCUT2D eigenvalue weighted by Gasteiger charge is 2.30. The molecule has 3 heterocycles. The molecule has 0 radical (unpaired) electrons. The average Bonchev–Trinajstić information content (AvgIpc) is 3.13. The van der Waals surface area contributed by atoms with E-state index in [4.69, 9.17) is 16.3 Å². The predicted molar refractivity (Wildman–Crippen MR) is 94.4 cm³/mol. The van der Waals surface area contributed by atoms with E-state index >= 15 is 0 Å². The molecule has 2 saturated heterocycles. The third kappa shape index (κ3) is 3.24. The molecule has 26 heavy (non-hydrogen) atoms. The average molecular weight is 375 g/mol. The van der Waals surface area contributed by atoms with Gasteiger partial charge in [-0.2, -0.15) is 0 Å². The molecule has 1 aromatic carbocycles. The molecule has 2 amide bonds. The van der Waals surface area contributed by atoms with Gasteiger partial charge in [-0.3, -0.25) is 14.9 Å². The molecule has 7 nitrogen and oxygen atoms in total. The number of nitrogens with zero attached hydrogens (tertiary/aromatic N) is 3. The van der Waals surface area contributed by atoms with E-state index in [1.807, 2.05) is 24.4 Å². The first-order chi connectivity index (χ1) is 12.6. The van der Waals surface area contributed by atoms with Crippen LogP contribution < -0.4 is 5.32 Å². The molecule has 2 unspecified atom stereocenters. The molecular formula is C18H19ClN4O3. The van der Waals surface area contributed by atoms with Gasteiger partial charge >= 0.3 is 0 Å². The summed E-state index contributed by atoms with van der Waals surface area (Å²) in [5, 5.41) is 11.3. The van der Waals surface area contributed by atoms with E-state index in [0.717, 1.165) is 31.4 Å². The number of hydrogen-bond donors (Lipinski definition) is 1. The third-order valence-corrected chi connectivity index (χ3v) is 5.30. The Bertz CT molecular complexity index is 845. The Balaban J connectivity index is 1.63. The number of rotatable bonds is 3. The van der Waals surface area contributed by atoms with E-state index in [1.54, 1.807) is 4.68 Å². The number of amides is 2. The van der Waals surface area contributed by atoms with Crippen LogP contribution in [0.4, 0.5) is 0 Å². The normalized spacial score (nSPS) is 23.7. The number of halogens is 1. The van der Waals surface area contributed by atoms with Crippen molar-refractivity contribution in [2.24, 2.45) is 0 Å². The summed E-state index contributed by atoms with van der Waals surface area (Å²) in [6.45, 7) is 0.728. The first-order valence-electron chi connectivity index (χ1n) is 8.79.